The summed E-state index contributed by atoms with van der Waals surface area (Å²) in [5.41, 5.74) is 2.50. The monoisotopic (exact) mass is 375 g/mol. The second kappa shape index (κ2) is 6.81. The maximum atomic E-state index is 11.7. The number of hydrogen-bond donors (Lipinski definition) is 1. The van der Waals surface area contributed by atoms with E-state index in [1.165, 1.54) is 6.26 Å². The number of sulfone groups is 1. The molecule has 4 rings (SSSR count). The first-order valence-corrected chi connectivity index (χ1v) is 10.3. The molecule has 4 aromatic rings. The highest BCUT2D eigenvalue weighted by Crippen LogP contribution is 2.27. The summed E-state index contributed by atoms with van der Waals surface area (Å²) in [4.78, 5) is 9.60. The van der Waals surface area contributed by atoms with Crippen LogP contribution >= 0.6 is 0 Å². The molecule has 3 aromatic carbocycles. The van der Waals surface area contributed by atoms with Crippen molar-refractivity contribution in [2.75, 3.05) is 11.6 Å². The van der Waals surface area contributed by atoms with Gasteiger partial charge >= 0.3 is 0 Å². The quantitative estimate of drug-likeness (QED) is 0.571. The van der Waals surface area contributed by atoms with E-state index < -0.39 is 9.84 Å². The minimum Gasteiger partial charge on any atom is -0.340 e. The lowest BCUT2D eigenvalue weighted by atomic mass is 10.2. The zero-order valence-electron chi connectivity index (χ0n) is 14.6. The smallest absolute Gasteiger partial charge is 0.175 e. The minimum atomic E-state index is -3.24. The van der Waals surface area contributed by atoms with Gasteiger partial charge in [0.1, 0.15) is 5.82 Å². The molecule has 134 valence electrons. The third-order valence-corrected chi connectivity index (χ3v) is 5.31. The Balaban J connectivity index is 1.82. The van der Waals surface area contributed by atoms with Gasteiger partial charge in [-0.15, -0.1) is 0 Å². The number of benzene rings is 3. The zero-order chi connectivity index (χ0) is 18.9. The predicted molar refractivity (Wildman–Crippen MR) is 108 cm³/mol. The van der Waals surface area contributed by atoms with Crippen LogP contribution in [-0.4, -0.2) is 24.6 Å². The average molecular weight is 375 g/mol. The van der Waals surface area contributed by atoms with Crippen LogP contribution < -0.4 is 5.32 Å². The molecule has 1 heterocycles. The second-order valence-electron chi connectivity index (χ2n) is 6.20. The topological polar surface area (TPSA) is 72.0 Å². The lowest BCUT2D eigenvalue weighted by molar-refractivity contribution is 0.602. The number of anilines is 2. The van der Waals surface area contributed by atoms with Crippen LogP contribution in [0.25, 0.3) is 22.3 Å². The Morgan fingerprint density at radius 3 is 2.15 bits per heavy atom. The Hall–Kier alpha value is -3.25. The number of para-hydroxylation sites is 2. The molecule has 1 aromatic heterocycles. The third-order valence-electron chi connectivity index (χ3n) is 4.18. The number of nitrogens with zero attached hydrogens (tertiary/aromatic N) is 2. The Labute approximate surface area is 157 Å². The second-order valence-corrected chi connectivity index (χ2v) is 8.22. The van der Waals surface area contributed by atoms with Gasteiger partial charge in [0.25, 0.3) is 0 Å². The highest BCUT2D eigenvalue weighted by molar-refractivity contribution is 7.90. The highest BCUT2D eigenvalue weighted by Gasteiger charge is 2.11. The molecule has 0 bridgehead atoms. The minimum absolute atomic E-state index is 0.273. The van der Waals surface area contributed by atoms with E-state index in [0.29, 0.717) is 11.6 Å². The van der Waals surface area contributed by atoms with Crippen LogP contribution in [0.5, 0.6) is 0 Å². The Morgan fingerprint density at radius 1 is 0.778 bits per heavy atom. The fraction of sp³-hybridized carbons (Fsp3) is 0.0476. The van der Waals surface area contributed by atoms with E-state index in [-0.39, 0.29) is 4.90 Å². The van der Waals surface area contributed by atoms with Crippen molar-refractivity contribution in [1.29, 1.82) is 0 Å². The van der Waals surface area contributed by atoms with E-state index in [0.717, 1.165) is 22.2 Å². The van der Waals surface area contributed by atoms with Crippen molar-refractivity contribution >= 4 is 32.2 Å². The highest BCUT2D eigenvalue weighted by atomic mass is 32.2. The van der Waals surface area contributed by atoms with Crippen LogP contribution in [0.4, 0.5) is 11.5 Å². The summed E-state index contributed by atoms with van der Waals surface area (Å²) in [5, 5.41) is 4.26. The van der Waals surface area contributed by atoms with Crippen molar-refractivity contribution in [3.63, 3.8) is 0 Å². The van der Waals surface area contributed by atoms with Crippen molar-refractivity contribution in [1.82, 2.24) is 9.97 Å². The fourth-order valence-electron chi connectivity index (χ4n) is 2.81. The van der Waals surface area contributed by atoms with Crippen LogP contribution in [0.15, 0.2) is 83.8 Å². The van der Waals surface area contributed by atoms with E-state index in [4.69, 9.17) is 0 Å². The van der Waals surface area contributed by atoms with Crippen molar-refractivity contribution in [2.45, 2.75) is 4.90 Å². The Morgan fingerprint density at radius 2 is 1.44 bits per heavy atom. The lowest BCUT2D eigenvalue weighted by Crippen LogP contribution is -2.00. The SMILES string of the molecule is CS(=O)(=O)c1ccc(-c2nc(Nc3ccccc3)c3ccccc3n2)cc1. The Kier molecular flexibility index (Phi) is 4.33. The standard InChI is InChI=1S/C21H17N3O2S/c1-27(25,26)17-13-11-15(12-14-17)20-23-19-10-6-5-9-18(19)21(24-20)22-16-7-3-2-4-8-16/h2-14H,1H3,(H,22,23,24). The molecular formula is C21H17N3O2S. The molecule has 0 amide bonds. The summed E-state index contributed by atoms with van der Waals surface area (Å²) in [6, 6.07) is 24.2. The number of nitrogens with one attached hydrogen (secondary N) is 1. The molecule has 0 saturated carbocycles. The van der Waals surface area contributed by atoms with Gasteiger partial charge in [-0.2, -0.15) is 0 Å². The molecule has 0 aliphatic heterocycles. The van der Waals surface area contributed by atoms with Gasteiger partial charge in [0.05, 0.1) is 10.4 Å². The van der Waals surface area contributed by atoms with Crippen LogP contribution in [0.2, 0.25) is 0 Å². The summed E-state index contributed by atoms with van der Waals surface area (Å²) in [6.45, 7) is 0. The van der Waals surface area contributed by atoms with Crippen molar-refractivity contribution < 1.29 is 8.42 Å². The number of fused-ring (bicyclic) bond motifs is 1. The molecular weight excluding hydrogens is 358 g/mol. The predicted octanol–water partition coefficient (Wildman–Crippen LogP) is 4.44. The molecule has 0 aliphatic carbocycles. The molecule has 0 fully saturated rings. The first-order chi connectivity index (χ1) is 13.0. The van der Waals surface area contributed by atoms with Gasteiger partial charge in [0.15, 0.2) is 15.7 Å². The van der Waals surface area contributed by atoms with Crippen molar-refractivity contribution in [2.24, 2.45) is 0 Å². The van der Waals surface area contributed by atoms with E-state index in [2.05, 4.69) is 15.3 Å². The number of aromatic nitrogens is 2. The zero-order valence-corrected chi connectivity index (χ0v) is 15.4. The maximum Gasteiger partial charge on any atom is 0.175 e. The van der Waals surface area contributed by atoms with E-state index in [1.807, 2.05) is 54.6 Å². The van der Waals surface area contributed by atoms with Gasteiger partial charge in [-0.05, 0) is 48.5 Å². The molecule has 6 heteroatoms. The van der Waals surface area contributed by atoms with Crippen LogP contribution in [0.3, 0.4) is 0 Å². The van der Waals surface area contributed by atoms with E-state index >= 15 is 0 Å². The molecule has 0 spiro atoms. The van der Waals surface area contributed by atoms with Gasteiger partial charge in [0.2, 0.25) is 0 Å². The summed E-state index contributed by atoms with van der Waals surface area (Å²) in [7, 11) is -3.24. The van der Waals surface area contributed by atoms with E-state index in [1.54, 1.807) is 24.3 Å². The molecule has 1 N–H and O–H groups in total. The van der Waals surface area contributed by atoms with Gasteiger partial charge in [-0.25, -0.2) is 18.4 Å². The molecule has 0 unspecified atom stereocenters. The molecule has 0 saturated heterocycles. The number of hydrogen-bond acceptors (Lipinski definition) is 5. The first-order valence-electron chi connectivity index (χ1n) is 8.40. The average Bonchev–Trinajstić information content (AvgIpc) is 2.68. The molecule has 5 nitrogen and oxygen atoms in total. The summed E-state index contributed by atoms with van der Waals surface area (Å²) < 4.78 is 23.3. The molecule has 0 radical (unpaired) electrons. The van der Waals surface area contributed by atoms with Crippen LogP contribution in [-0.2, 0) is 9.84 Å². The van der Waals surface area contributed by atoms with Gasteiger partial charge in [-0.3, -0.25) is 0 Å². The molecule has 27 heavy (non-hydrogen) atoms. The fourth-order valence-corrected chi connectivity index (χ4v) is 3.44. The first kappa shape index (κ1) is 17.2. The summed E-state index contributed by atoms with van der Waals surface area (Å²) in [6.07, 6.45) is 1.19. The summed E-state index contributed by atoms with van der Waals surface area (Å²) >= 11 is 0. The lowest BCUT2D eigenvalue weighted by Gasteiger charge is -2.11. The number of rotatable bonds is 4. The molecule has 0 aliphatic rings. The summed E-state index contributed by atoms with van der Waals surface area (Å²) in [5.74, 6) is 1.24. The van der Waals surface area contributed by atoms with Gasteiger partial charge in [-0.1, -0.05) is 30.3 Å². The van der Waals surface area contributed by atoms with Crippen molar-refractivity contribution in [3.05, 3.63) is 78.9 Å². The van der Waals surface area contributed by atoms with E-state index in [9.17, 15) is 8.42 Å². The third kappa shape index (κ3) is 3.66. The Bertz CT molecular complexity index is 1210. The van der Waals surface area contributed by atoms with Crippen LogP contribution in [0, 0.1) is 0 Å². The largest absolute Gasteiger partial charge is 0.340 e. The molecule has 0 atom stereocenters. The van der Waals surface area contributed by atoms with Crippen LogP contribution in [0.1, 0.15) is 0 Å². The van der Waals surface area contributed by atoms with Gasteiger partial charge in [0, 0.05) is 22.9 Å². The van der Waals surface area contributed by atoms with Gasteiger partial charge < -0.3 is 5.32 Å². The normalized spacial score (nSPS) is 11.4. The maximum absolute atomic E-state index is 11.7. The van der Waals surface area contributed by atoms with Crippen molar-refractivity contribution in [3.8, 4) is 11.4 Å².